The quantitative estimate of drug-likeness (QED) is 0.811. The standard InChI is InChI=1S/C14H14F3N3OS.ClH/c15-14(16,17)22-10-5-3-9(4-6-10)11-19-12(20-21-11)13(18)7-1-2-8-13;/h3-6H,1-2,7-8,18H2;1H. The lowest BCUT2D eigenvalue weighted by Gasteiger charge is -2.17. The molecule has 4 nitrogen and oxygen atoms in total. The van der Waals surface area contributed by atoms with Gasteiger partial charge in [0.05, 0.1) is 5.54 Å². The minimum absolute atomic E-state index is 0. The molecule has 1 fully saturated rings. The molecule has 0 bridgehead atoms. The van der Waals surface area contributed by atoms with Gasteiger partial charge >= 0.3 is 5.51 Å². The molecule has 1 aromatic heterocycles. The lowest BCUT2D eigenvalue weighted by atomic mass is 9.99. The monoisotopic (exact) mass is 365 g/mol. The fraction of sp³-hybridized carbons (Fsp3) is 0.429. The molecule has 0 aliphatic heterocycles. The zero-order valence-electron chi connectivity index (χ0n) is 12.0. The van der Waals surface area contributed by atoms with Gasteiger partial charge in [0.2, 0.25) is 0 Å². The molecule has 2 N–H and O–H groups in total. The molecule has 1 aromatic carbocycles. The second-order valence-electron chi connectivity index (χ2n) is 5.36. The van der Waals surface area contributed by atoms with Gasteiger partial charge in [-0.05, 0) is 48.9 Å². The van der Waals surface area contributed by atoms with Crippen molar-refractivity contribution in [3.8, 4) is 11.5 Å². The second-order valence-corrected chi connectivity index (χ2v) is 6.50. The van der Waals surface area contributed by atoms with E-state index in [-0.39, 0.29) is 35.0 Å². The van der Waals surface area contributed by atoms with Crippen molar-refractivity contribution in [1.29, 1.82) is 0 Å². The molecular formula is C14H15ClF3N3OS. The maximum absolute atomic E-state index is 12.3. The molecule has 0 unspecified atom stereocenters. The number of benzene rings is 1. The van der Waals surface area contributed by atoms with E-state index in [1.807, 2.05) is 0 Å². The van der Waals surface area contributed by atoms with Crippen molar-refractivity contribution in [3.05, 3.63) is 30.1 Å². The Balaban J connectivity index is 0.00000192. The number of hydrogen-bond donors (Lipinski definition) is 1. The van der Waals surface area contributed by atoms with Crippen LogP contribution in [0.3, 0.4) is 0 Å². The van der Waals surface area contributed by atoms with E-state index in [4.69, 9.17) is 10.3 Å². The normalized spacial score (nSPS) is 17.0. The van der Waals surface area contributed by atoms with Gasteiger partial charge in [0, 0.05) is 10.5 Å². The molecule has 9 heteroatoms. The number of nitrogens with zero attached hydrogens (tertiary/aromatic N) is 2. The van der Waals surface area contributed by atoms with E-state index in [2.05, 4.69) is 10.1 Å². The molecule has 0 atom stereocenters. The van der Waals surface area contributed by atoms with Crippen molar-refractivity contribution in [3.63, 3.8) is 0 Å². The molecule has 3 rings (SSSR count). The zero-order valence-corrected chi connectivity index (χ0v) is 13.6. The first kappa shape index (κ1) is 18.1. The average Bonchev–Trinajstić information content (AvgIpc) is 3.07. The third kappa shape index (κ3) is 4.19. The van der Waals surface area contributed by atoms with Crippen LogP contribution in [0.5, 0.6) is 0 Å². The number of nitrogens with two attached hydrogens (primary N) is 1. The number of aromatic nitrogens is 2. The molecule has 1 heterocycles. The highest BCUT2D eigenvalue weighted by Crippen LogP contribution is 2.38. The van der Waals surface area contributed by atoms with E-state index < -0.39 is 11.0 Å². The molecule has 0 spiro atoms. The third-order valence-electron chi connectivity index (χ3n) is 3.70. The molecule has 1 saturated carbocycles. The highest BCUT2D eigenvalue weighted by Gasteiger charge is 2.36. The zero-order chi connectivity index (χ0) is 15.8. The Bertz CT molecular complexity index is 654. The van der Waals surface area contributed by atoms with Gasteiger partial charge in [-0.3, -0.25) is 0 Å². The summed E-state index contributed by atoms with van der Waals surface area (Å²) in [5.74, 6) is 0.740. The van der Waals surface area contributed by atoms with E-state index in [0.717, 1.165) is 25.7 Å². The summed E-state index contributed by atoms with van der Waals surface area (Å²) in [5.41, 5.74) is 1.98. The Morgan fingerprint density at radius 1 is 1.13 bits per heavy atom. The van der Waals surface area contributed by atoms with E-state index >= 15 is 0 Å². The predicted molar refractivity (Wildman–Crippen MR) is 83.2 cm³/mol. The van der Waals surface area contributed by atoms with Crippen LogP contribution in [0.15, 0.2) is 33.7 Å². The fourth-order valence-electron chi connectivity index (χ4n) is 2.57. The summed E-state index contributed by atoms with van der Waals surface area (Å²) in [6.07, 6.45) is 3.69. The van der Waals surface area contributed by atoms with E-state index in [9.17, 15) is 13.2 Å². The van der Waals surface area contributed by atoms with Crippen LogP contribution >= 0.6 is 24.2 Å². The van der Waals surface area contributed by atoms with Crippen LogP contribution in [0, 0.1) is 0 Å². The molecule has 2 aromatic rings. The van der Waals surface area contributed by atoms with Gasteiger partial charge in [0.15, 0.2) is 5.82 Å². The van der Waals surface area contributed by atoms with Crippen molar-refractivity contribution in [2.24, 2.45) is 5.73 Å². The smallest absolute Gasteiger partial charge is 0.334 e. The maximum atomic E-state index is 12.3. The summed E-state index contributed by atoms with van der Waals surface area (Å²) < 4.78 is 42.1. The summed E-state index contributed by atoms with van der Waals surface area (Å²) in [4.78, 5) is 4.42. The van der Waals surface area contributed by atoms with Crippen LogP contribution in [0.2, 0.25) is 0 Å². The Labute approximate surface area is 141 Å². The van der Waals surface area contributed by atoms with Crippen molar-refractivity contribution < 1.29 is 17.7 Å². The number of hydrogen-bond acceptors (Lipinski definition) is 5. The number of rotatable bonds is 3. The van der Waals surface area contributed by atoms with E-state index in [1.165, 1.54) is 24.3 Å². The van der Waals surface area contributed by atoms with Gasteiger partial charge in [0.25, 0.3) is 5.89 Å². The van der Waals surface area contributed by atoms with Crippen molar-refractivity contribution in [1.82, 2.24) is 10.1 Å². The van der Waals surface area contributed by atoms with Gasteiger partial charge in [-0.1, -0.05) is 18.0 Å². The average molecular weight is 366 g/mol. The summed E-state index contributed by atoms with van der Waals surface area (Å²) in [6.45, 7) is 0. The Morgan fingerprint density at radius 2 is 1.74 bits per heavy atom. The minimum Gasteiger partial charge on any atom is -0.334 e. The van der Waals surface area contributed by atoms with E-state index in [0.29, 0.717) is 11.4 Å². The third-order valence-corrected chi connectivity index (χ3v) is 4.44. The summed E-state index contributed by atoms with van der Waals surface area (Å²) >= 11 is -0.157. The highest BCUT2D eigenvalue weighted by atomic mass is 35.5. The van der Waals surface area contributed by atoms with Crippen LogP contribution in [-0.4, -0.2) is 15.6 Å². The minimum atomic E-state index is -4.30. The summed E-state index contributed by atoms with van der Waals surface area (Å²) in [7, 11) is 0. The number of halogens is 4. The first-order valence-electron chi connectivity index (χ1n) is 6.85. The van der Waals surface area contributed by atoms with E-state index in [1.54, 1.807) is 0 Å². The Hall–Kier alpha value is -1.25. The molecular weight excluding hydrogens is 351 g/mol. The van der Waals surface area contributed by atoms with Crippen molar-refractivity contribution in [2.45, 2.75) is 41.6 Å². The second kappa shape index (κ2) is 6.70. The lowest BCUT2D eigenvalue weighted by molar-refractivity contribution is -0.0328. The number of alkyl halides is 3. The first-order chi connectivity index (χ1) is 10.4. The Kier molecular flexibility index (Phi) is 5.27. The molecule has 1 aliphatic carbocycles. The van der Waals surface area contributed by atoms with Crippen molar-refractivity contribution in [2.75, 3.05) is 0 Å². The van der Waals surface area contributed by atoms with Gasteiger partial charge in [-0.15, -0.1) is 12.4 Å². The van der Waals surface area contributed by atoms with Gasteiger partial charge in [0.1, 0.15) is 0 Å². The van der Waals surface area contributed by atoms with Gasteiger partial charge in [-0.2, -0.15) is 18.2 Å². The van der Waals surface area contributed by atoms with Crippen LogP contribution < -0.4 is 5.73 Å². The molecule has 0 amide bonds. The summed E-state index contributed by atoms with van der Waals surface area (Å²) in [5, 5.41) is 3.93. The molecule has 23 heavy (non-hydrogen) atoms. The summed E-state index contributed by atoms with van der Waals surface area (Å²) in [6, 6.07) is 5.82. The van der Waals surface area contributed by atoms with Crippen LogP contribution in [0.4, 0.5) is 13.2 Å². The highest BCUT2D eigenvalue weighted by molar-refractivity contribution is 8.00. The Morgan fingerprint density at radius 3 is 2.30 bits per heavy atom. The number of thioether (sulfide) groups is 1. The van der Waals surface area contributed by atoms with Crippen LogP contribution in [0.25, 0.3) is 11.5 Å². The molecule has 0 radical (unpaired) electrons. The first-order valence-corrected chi connectivity index (χ1v) is 7.67. The predicted octanol–water partition coefficient (Wildman–Crippen LogP) is 4.50. The SMILES string of the molecule is Cl.NC1(c2noc(-c3ccc(SC(F)(F)F)cc3)n2)CCCC1. The largest absolute Gasteiger partial charge is 0.446 e. The van der Waals surface area contributed by atoms with Crippen molar-refractivity contribution >= 4 is 24.2 Å². The van der Waals surface area contributed by atoms with Crippen LogP contribution in [0.1, 0.15) is 31.5 Å². The van der Waals surface area contributed by atoms with Gasteiger partial charge < -0.3 is 10.3 Å². The van der Waals surface area contributed by atoms with Gasteiger partial charge in [-0.25, -0.2) is 0 Å². The topological polar surface area (TPSA) is 64.9 Å². The molecule has 0 saturated heterocycles. The maximum Gasteiger partial charge on any atom is 0.446 e. The molecule has 1 aliphatic rings. The fourth-order valence-corrected chi connectivity index (χ4v) is 3.11. The van der Waals surface area contributed by atoms with Crippen LogP contribution in [-0.2, 0) is 5.54 Å². The lowest BCUT2D eigenvalue weighted by Crippen LogP contribution is -2.34. The molecule has 126 valence electrons.